The normalized spacial score (nSPS) is 23.7. The van der Waals surface area contributed by atoms with E-state index in [-0.39, 0.29) is 23.8 Å². The molecule has 1 aromatic heterocycles. The molecule has 3 aliphatic carbocycles. The Balaban J connectivity index is 1.07. The first-order valence-corrected chi connectivity index (χ1v) is 12.0. The third-order valence-corrected chi connectivity index (χ3v) is 8.16. The first kappa shape index (κ1) is 21.6. The van der Waals surface area contributed by atoms with E-state index in [1.54, 1.807) is 12.1 Å². The topological polar surface area (TPSA) is 54.1 Å². The first-order valence-electron chi connectivity index (χ1n) is 12.0. The molecule has 178 valence electrons. The summed E-state index contributed by atoms with van der Waals surface area (Å²) in [6, 6.07) is 11.2. The van der Waals surface area contributed by atoms with Gasteiger partial charge in [-0.3, -0.25) is 4.79 Å². The van der Waals surface area contributed by atoms with Gasteiger partial charge in [-0.1, -0.05) is 18.6 Å². The fourth-order valence-corrected chi connectivity index (χ4v) is 5.84. The zero-order chi connectivity index (χ0) is 23.5. The summed E-state index contributed by atoms with van der Waals surface area (Å²) >= 11 is 0. The van der Waals surface area contributed by atoms with Gasteiger partial charge in [0.25, 0.3) is 0 Å². The summed E-state index contributed by atoms with van der Waals surface area (Å²) in [7, 11) is 0. The van der Waals surface area contributed by atoms with Gasteiger partial charge in [0.2, 0.25) is 5.91 Å². The van der Waals surface area contributed by atoms with Gasteiger partial charge in [0.15, 0.2) is 0 Å². The van der Waals surface area contributed by atoms with Crippen LogP contribution < -0.4 is 10.1 Å². The van der Waals surface area contributed by atoms with E-state index in [0.717, 1.165) is 65.7 Å². The quantitative estimate of drug-likeness (QED) is 0.422. The smallest absolute Gasteiger partial charge is 0.416 e. The van der Waals surface area contributed by atoms with Crippen LogP contribution >= 0.6 is 0 Å². The molecule has 4 nitrogen and oxygen atoms in total. The molecule has 2 aromatic carbocycles. The number of anilines is 1. The second kappa shape index (κ2) is 7.79. The van der Waals surface area contributed by atoms with Crippen LogP contribution in [-0.2, 0) is 11.0 Å². The second-order valence-electron chi connectivity index (χ2n) is 10.4. The Morgan fingerprint density at radius 1 is 1.06 bits per heavy atom. The standard InChI is InChI=1S/C27H27F3N2O2/c28-27(29,30)19-4-2-16(3-5-19)17-10-21(11-17)34-20-6-7-23-22(12-20)24(15-31-23)32-25(33)18-13-26(14-18)8-1-9-26/h2-7,12,15,17-18,21,31H,1,8-11,13-14H2,(H,32,33). The highest BCUT2D eigenvalue weighted by molar-refractivity contribution is 6.03. The van der Waals surface area contributed by atoms with Gasteiger partial charge in [0.05, 0.1) is 17.4 Å². The highest BCUT2D eigenvalue weighted by Crippen LogP contribution is 2.58. The molecule has 0 saturated heterocycles. The van der Waals surface area contributed by atoms with Crippen LogP contribution in [0.15, 0.2) is 48.7 Å². The summed E-state index contributed by atoms with van der Waals surface area (Å²) in [6.45, 7) is 0. The molecule has 3 saturated carbocycles. The summed E-state index contributed by atoms with van der Waals surface area (Å²) in [6.07, 6.45) is 4.93. The minimum atomic E-state index is -4.31. The van der Waals surface area contributed by atoms with Crippen molar-refractivity contribution in [1.29, 1.82) is 0 Å². The molecule has 0 radical (unpaired) electrons. The van der Waals surface area contributed by atoms with E-state index in [1.165, 1.54) is 19.3 Å². The molecule has 3 aromatic rings. The van der Waals surface area contributed by atoms with Crippen LogP contribution in [0.25, 0.3) is 10.9 Å². The van der Waals surface area contributed by atoms with Gasteiger partial charge in [0, 0.05) is 23.0 Å². The summed E-state index contributed by atoms with van der Waals surface area (Å²) < 4.78 is 44.4. The largest absolute Gasteiger partial charge is 0.490 e. The number of nitrogens with one attached hydrogen (secondary N) is 2. The van der Waals surface area contributed by atoms with Crippen molar-refractivity contribution in [2.75, 3.05) is 5.32 Å². The van der Waals surface area contributed by atoms with Gasteiger partial charge >= 0.3 is 6.18 Å². The number of hydrogen-bond acceptors (Lipinski definition) is 2. The molecule has 0 aliphatic heterocycles. The predicted octanol–water partition coefficient (Wildman–Crippen LogP) is 7.03. The zero-order valence-corrected chi connectivity index (χ0v) is 18.8. The van der Waals surface area contributed by atoms with E-state index in [2.05, 4.69) is 10.3 Å². The third kappa shape index (κ3) is 3.85. The predicted molar refractivity (Wildman–Crippen MR) is 124 cm³/mol. The lowest BCUT2D eigenvalue weighted by Gasteiger charge is -2.53. The molecule has 1 heterocycles. The summed E-state index contributed by atoms with van der Waals surface area (Å²) in [5.74, 6) is 1.15. The number of hydrogen-bond donors (Lipinski definition) is 2. The van der Waals surface area contributed by atoms with Crippen molar-refractivity contribution in [3.05, 3.63) is 59.8 Å². The van der Waals surface area contributed by atoms with Crippen LogP contribution in [0, 0.1) is 11.3 Å². The minimum absolute atomic E-state index is 0.0235. The van der Waals surface area contributed by atoms with Crippen molar-refractivity contribution in [2.45, 2.75) is 63.1 Å². The lowest BCUT2D eigenvalue weighted by Crippen LogP contribution is -2.47. The molecule has 1 amide bonds. The second-order valence-corrected chi connectivity index (χ2v) is 10.4. The van der Waals surface area contributed by atoms with Crippen molar-refractivity contribution in [3.63, 3.8) is 0 Å². The molecule has 7 heteroatoms. The molecule has 0 unspecified atom stereocenters. The SMILES string of the molecule is O=C(Nc1c[nH]c2ccc(OC3CC(c4ccc(C(F)(F)F)cc4)C3)cc12)C1CC2(CCC2)C1. The van der Waals surface area contributed by atoms with Crippen LogP contribution in [0.4, 0.5) is 18.9 Å². The minimum Gasteiger partial charge on any atom is -0.490 e. The Kier molecular flexibility index (Phi) is 4.94. The van der Waals surface area contributed by atoms with Crippen LogP contribution in [-0.4, -0.2) is 17.0 Å². The lowest BCUT2D eigenvalue weighted by atomic mass is 9.51. The van der Waals surface area contributed by atoms with Gasteiger partial charge in [-0.25, -0.2) is 0 Å². The molecular formula is C27H27F3N2O2. The number of fused-ring (bicyclic) bond motifs is 1. The molecular weight excluding hydrogens is 441 g/mol. The molecule has 3 fully saturated rings. The fraction of sp³-hybridized carbons (Fsp3) is 0.444. The Bertz CT molecular complexity index is 1210. The van der Waals surface area contributed by atoms with Crippen molar-refractivity contribution in [1.82, 2.24) is 4.98 Å². The van der Waals surface area contributed by atoms with E-state index >= 15 is 0 Å². The van der Waals surface area contributed by atoms with Crippen molar-refractivity contribution in [2.24, 2.45) is 11.3 Å². The number of carbonyl (C=O) groups is 1. The van der Waals surface area contributed by atoms with E-state index in [0.29, 0.717) is 5.41 Å². The number of rotatable bonds is 5. The molecule has 3 aliphatic rings. The number of alkyl halides is 3. The number of benzene rings is 2. The van der Waals surface area contributed by atoms with E-state index in [1.807, 2.05) is 24.4 Å². The number of amides is 1. The van der Waals surface area contributed by atoms with Gasteiger partial charge < -0.3 is 15.0 Å². The van der Waals surface area contributed by atoms with Crippen LogP contribution in [0.2, 0.25) is 0 Å². The molecule has 1 spiro atoms. The van der Waals surface area contributed by atoms with Crippen LogP contribution in [0.1, 0.15) is 62.0 Å². The van der Waals surface area contributed by atoms with Crippen LogP contribution in [0.3, 0.4) is 0 Å². The van der Waals surface area contributed by atoms with Crippen LogP contribution in [0.5, 0.6) is 5.75 Å². The first-order chi connectivity index (χ1) is 16.3. The molecule has 2 N–H and O–H groups in total. The Morgan fingerprint density at radius 2 is 1.79 bits per heavy atom. The summed E-state index contributed by atoms with van der Waals surface area (Å²) in [4.78, 5) is 15.9. The van der Waals surface area contributed by atoms with Gasteiger partial charge in [-0.05, 0) is 85.8 Å². The van der Waals surface area contributed by atoms with E-state index < -0.39 is 11.7 Å². The Morgan fingerprint density at radius 3 is 2.44 bits per heavy atom. The zero-order valence-electron chi connectivity index (χ0n) is 18.8. The monoisotopic (exact) mass is 468 g/mol. The lowest BCUT2D eigenvalue weighted by molar-refractivity contribution is -0.137. The van der Waals surface area contributed by atoms with E-state index in [9.17, 15) is 18.0 Å². The number of aromatic amines is 1. The average molecular weight is 469 g/mol. The highest BCUT2D eigenvalue weighted by Gasteiger charge is 2.50. The van der Waals surface area contributed by atoms with E-state index in [4.69, 9.17) is 4.74 Å². The number of ether oxygens (including phenoxy) is 1. The van der Waals surface area contributed by atoms with Crippen molar-refractivity contribution in [3.8, 4) is 5.75 Å². The molecule has 34 heavy (non-hydrogen) atoms. The number of aromatic nitrogens is 1. The van der Waals surface area contributed by atoms with Crippen molar-refractivity contribution < 1.29 is 22.7 Å². The summed E-state index contributed by atoms with van der Waals surface area (Å²) in [5.41, 5.74) is 2.47. The maximum atomic E-state index is 12.8. The van der Waals surface area contributed by atoms with Gasteiger partial charge in [-0.15, -0.1) is 0 Å². The van der Waals surface area contributed by atoms with Gasteiger partial charge in [0.1, 0.15) is 5.75 Å². The molecule has 0 bridgehead atoms. The highest BCUT2D eigenvalue weighted by atomic mass is 19.4. The number of halogens is 3. The maximum absolute atomic E-state index is 12.8. The van der Waals surface area contributed by atoms with Gasteiger partial charge in [-0.2, -0.15) is 13.2 Å². The third-order valence-electron chi connectivity index (χ3n) is 8.16. The Hall–Kier alpha value is -2.96. The molecule has 0 atom stereocenters. The fourth-order valence-electron chi connectivity index (χ4n) is 5.84. The number of H-pyrrole nitrogens is 1. The summed E-state index contributed by atoms with van der Waals surface area (Å²) in [5, 5.41) is 4.02. The number of carbonyl (C=O) groups excluding carboxylic acids is 1. The average Bonchev–Trinajstić information content (AvgIpc) is 3.10. The Labute approximate surface area is 195 Å². The van der Waals surface area contributed by atoms with Crippen molar-refractivity contribution >= 4 is 22.5 Å². The molecule has 6 rings (SSSR count). The maximum Gasteiger partial charge on any atom is 0.416 e.